The quantitative estimate of drug-likeness (QED) is 0.284. The maximum Gasteiger partial charge on any atom is 0.413 e. The molecule has 0 aromatic rings. The van der Waals surface area contributed by atoms with Crippen molar-refractivity contribution in [2.75, 3.05) is 13.8 Å². The number of Topliss-reactive ketones (excluding diaryl/α,β-unsaturated/α-hetero) is 1. The average molecular weight is 483 g/mol. The Balaban J connectivity index is 2.96. The number of nitrogens with one attached hydrogen (secondary N) is 1. The van der Waals surface area contributed by atoms with Crippen LogP contribution in [0, 0.1) is 5.92 Å². The van der Waals surface area contributed by atoms with E-state index < -0.39 is 30.4 Å². The fourth-order valence-electron chi connectivity index (χ4n) is 3.74. The first-order valence-electron chi connectivity index (χ1n) is 11.1. The standard InChI is InChI=1S/C24H35ClN2O6/c1-7-9-12-19(25)17(4)24(14-11-10-13-20(24)29)27(6)23(31)33-15-32-22(30)21(16(3)8-2)26-18(5)28/h7,9,12,16,21H,4,8,10-11,13-15H2,1-3,5-6H3,(H,26,28)/b9-7-,19-12+/t16?,21-,24+/m0/s1. The fraction of sp³-hybridized carbons (Fsp3) is 0.583. The highest BCUT2D eigenvalue weighted by Gasteiger charge is 2.49. The van der Waals surface area contributed by atoms with Crippen LogP contribution in [0.4, 0.5) is 4.79 Å². The van der Waals surface area contributed by atoms with E-state index in [4.69, 9.17) is 21.1 Å². The van der Waals surface area contributed by atoms with Gasteiger partial charge in [0.1, 0.15) is 11.6 Å². The molecule has 9 heteroatoms. The molecule has 1 rings (SSSR count). The molecule has 1 unspecified atom stereocenters. The van der Waals surface area contributed by atoms with Gasteiger partial charge in [-0.3, -0.25) is 14.5 Å². The Morgan fingerprint density at radius 3 is 2.52 bits per heavy atom. The average Bonchev–Trinajstić information content (AvgIpc) is 2.79. The Hall–Kier alpha value is -2.61. The zero-order valence-electron chi connectivity index (χ0n) is 20.1. The molecule has 8 nitrogen and oxygen atoms in total. The van der Waals surface area contributed by atoms with Gasteiger partial charge in [-0.2, -0.15) is 0 Å². The van der Waals surface area contributed by atoms with E-state index in [1.165, 1.54) is 18.9 Å². The monoisotopic (exact) mass is 482 g/mol. The normalized spacial score (nSPS) is 20.7. The fourth-order valence-corrected chi connectivity index (χ4v) is 3.97. The third-order valence-electron chi connectivity index (χ3n) is 5.93. The van der Waals surface area contributed by atoms with Crippen molar-refractivity contribution in [1.82, 2.24) is 10.2 Å². The summed E-state index contributed by atoms with van der Waals surface area (Å²) < 4.78 is 10.2. The van der Waals surface area contributed by atoms with Gasteiger partial charge in [-0.1, -0.05) is 50.6 Å². The Morgan fingerprint density at radius 2 is 1.97 bits per heavy atom. The minimum Gasteiger partial charge on any atom is -0.426 e. The maximum absolute atomic E-state index is 13.0. The van der Waals surface area contributed by atoms with Crippen LogP contribution < -0.4 is 5.32 Å². The van der Waals surface area contributed by atoms with Gasteiger partial charge in [0.25, 0.3) is 0 Å². The van der Waals surface area contributed by atoms with Crippen LogP contribution >= 0.6 is 11.6 Å². The van der Waals surface area contributed by atoms with E-state index in [-0.39, 0.29) is 29.1 Å². The third kappa shape index (κ3) is 7.19. The summed E-state index contributed by atoms with van der Waals surface area (Å²) in [6.07, 6.45) is 6.96. The zero-order chi connectivity index (χ0) is 25.2. The van der Waals surface area contributed by atoms with Crippen LogP contribution in [0.2, 0.25) is 0 Å². The van der Waals surface area contributed by atoms with Crippen LogP contribution in [0.15, 0.2) is 35.4 Å². The minimum atomic E-state index is -1.34. The number of nitrogens with zero attached hydrogens (tertiary/aromatic N) is 1. The van der Waals surface area contributed by atoms with Crippen LogP contribution in [-0.2, 0) is 23.9 Å². The molecular formula is C24H35ClN2O6. The topological polar surface area (TPSA) is 102 Å². The number of allylic oxidation sites excluding steroid dienone is 3. The molecule has 2 amide bonds. The number of hydrogen-bond acceptors (Lipinski definition) is 6. The number of hydrogen-bond donors (Lipinski definition) is 1. The molecule has 1 aliphatic rings. The van der Waals surface area contributed by atoms with Gasteiger partial charge in [-0.05, 0) is 43.8 Å². The second-order valence-corrected chi connectivity index (χ2v) is 8.53. The molecule has 0 radical (unpaired) electrons. The molecule has 33 heavy (non-hydrogen) atoms. The molecule has 184 valence electrons. The molecule has 3 atom stereocenters. The van der Waals surface area contributed by atoms with Crippen LogP contribution in [-0.4, -0.2) is 54.1 Å². The summed E-state index contributed by atoms with van der Waals surface area (Å²) in [7, 11) is 1.44. The molecule has 0 saturated heterocycles. The summed E-state index contributed by atoms with van der Waals surface area (Å²) in [6.45, 7) is 10.2. The maximum atomic E-state index is 13.0. The van der Waals surface area contributed by atoms with Gasteiger partial charge in [0.05, 0.1) is 0 Å². The lowest BCUT2D eigenvalue weighted by Gasteiger charge is -2.43. The summed E-state index contributed by atoms with van der Waals surface area (Å²) in [5.74, 6) is -1.42. The predicted octanol–water partition coefficient (Wildman–Crippen LogP) is 4.24. The SMILES string of the molecule is C=C(/C(Cl)=C\C=C/C)[C@]1(N(C)C(=O)OCOC(=O)[C@@H](NC(C)=O)C(C)CC)CCCCC1=O. The summed E-state index contributed by atoms with van der Waals surface area (Å²) in [6, 6.07) is -0.856. The van der Waals surface area contributed by atoms with Gasteiger partial charge in [0, 0.05) is 25.4 Å². The number of likely N-dealkylation sites (N-methyl/N-ethyl adjacent to an activating group) is 1. The van der Waals surface area contributed by atoms with E-state index in [1.54, 1.807) is 25.2 Å². The number of rotatable bonds is 10. The number of ether oxygens (including phenoxy) is 2. The third-order valence-corrected chi connectivity index (χ3v) is 6.29. The predicted molar refractivity (Wildman–Crippen MR) is 126 cm³/mol. The van der Waals surface area contributed by atoms with Crippen LogP contribution in [0.3, 0.4) is 0 Å². The van der Waals surface area contributed by atoms with Crippen molar-refractivity contribution in [3.8, 4) is 0 Å². The van der Waals surface area contributed by atoms with Gasteiger partial charge in [0.15, 0.2) is 5.78 Å². The van der Waals surface area contributed by atoms with E-state index in [9.17, 15) is 19.2 Å². The van der Waals surface area contributed by atoms with E-state index in [0.717, 1.165) is 0 Å². The number of esters is 1. The lowest BCUT2D eigenvalue weighted by Crippen LogP contribution is -2.58. The number of carbonyl (C=O) groups excluding carboxylic acids is 4. The molecule has 0 aromatic heterocycles. The number of ketones is 1. The van der Waals surface area contributed by atoms with Crippen LogP contribution in [0.5, 0.6) is 0 Å². The van der Waals surface area contributed by atoms with E-state index >= 15 is 0 Å². The Kier molecular flexibility index (Phi) is 11.4. The number of carbonyl (C=O) groups is 4. The molecule has 1 aliphatic carbocycles. The molecular weight excluding hydrogens is 448 g/mol. The summed E-state index contributed by atoms with van der Waals surface area (Å²) in [5.41, 5.74) is -1.03. The largest absolute Gasteiger partial charge is 0.426 e. The second-order valence-electron chi connectivity index (χ2n) is 8.12. The smallest absolute Gasteiger partial charge is 0.413 e. The van der Waals surface area contributed by atoms with Crippen molar-refractivity contribution in [2.45, 2.75) is 71.4 Å². The highest BCUT2D eigenvalue weighted by molar-refractivity contribution is 6.32. The molecule has 0 bridgehead atoms. The zero-order valence-corrected chi connectivity index (χ0v) is 20.9. The minimum absolute atomic E-state index is 0.169. The first-order chi connectivity index (χ1) is 15.5. The lowest BCUT2D eigenvalue weighted by molar-refractivity contribution is -0.158. The van der Waals surface area contributed by atoms with Crippen molar-refractivity contribution >= 4 is 35.4 Å². The van der Waals surface area contributed by atoms with Crippen molar-refractivity contribution in [1.29, 1.82) is 0 Å². The van der Waals surface area contributed by atoms with Crippen LogP contribution in [0.25, 0.3) is 0 Å². The molecule has 1 saturated carbocycles. The van der Waals surface area contributed by atoms with Crippen molar-refractivity contribution in [3.05, 3.63) is 35.4 Å². The van der Waals surface area contributed by atoms with Gasteiger partial charge < -0.3 is 14.8 Å². The molecule has 1 fully saturated rings. The van der Waals surface area contributed by atoms with Crippen molar-refractivity contribution in [2.24, 2.45) is 5.92 Å². The Labute approximate surface area is 201 Å². The Morgan fingerprint density at radius 1 is 1.30 bits per heavy atom. The van der Waals surface area contributed by atoms with Crippen molar-refractivity contribution < 1.29 is 28.7 Å². The first-order valence-corrected chi connectivity index (χ1v) is 11.5. The molecule has 0 spiro atoms. The van der Waals surface area contributed by atoms with Gasteiger partial charge >= 0.3 is 12.1 Å². The van der Waals surface area contributed by atoms with E-state index in [1.807, 2.05) is 13.8 Å². The summed E-state index contributed by atoms with van der Waals surface area (Å²) >= 11 is 6.39. The number of amides is 2. The second kappa shape index (κ2) is 13.2. The first kappa shape index (κ1) is 28.4. The van der Waals surface area contributed by atoms with E-state index in [2.05, 4.69) is 11.9 Å². The molecule has 1 N–H and O–H groups in total. The molecule has 0 heterocycles. The number of halogens is 1. The summed E-state index contributed by atoms with van der Waals surface area (Å²) in [5, 5.41) is 2.82. The van der Waals surface area contributed by atoms with Gasteiger partial charge in [0.2, 0.25) is 12.7 Å². The molecule has 0 aliphatic heterocycles. The summed E-state index contributed by atoms with van der Waals surface area (Å²) in [4.78, 5) is 50.8. The van der Waals surface area contributed by atoms with E-state index in [0.29, 0.717) is 31.3 Å². The lowest BCUT2D eigenvalue weighted by atomic mass is 9.74. The van der Waals surface area contributed by atoms with Gasteiger partial charge in [-0.15, -0.1) is 0 Å². The molecule has 0 aromatic carbocycles. The highest BCUT2D eigenvalue weighted by atomic mass is 35.5. The Bertz CT molecular complexity index is 822. The van der Waals surface area contributed by atoms with Crippen molar-refractivity contribution in [3.63, 3.8) is 0 Å². The highest BCUT2D eigenvalue weighted by Crippen LogP contribution is 2.40. The van der Waals surface area contributed by atoms with Gasteiger partial charge in [-0.25, -0.2) is 9.59 Å². The van der Waals surface area contributed by atoms with Crippen LogP contribution in [0.1, 0.15) is 59.8 Å².